The molecule has 0 spiro atoms. The lowest BCUT2D eigenvalue weighted by molar-refractivity contribution is 0.0675. The normalized spacial score (nSPS) is 23.2. The van der Waals surface area contributed by atoms with Crippen molar-refractivity contribution in [3.8, 4) is 0 Å². The smallest absolute Gasteiger partial charge is 0.282 e. The molecule has 134 valence electrons. The molecule has 0 unspecified atom stereocenters. The molecule has 2 fully saturated rings. The minimum Gasteiger partial charge on any atom is -0.379 e. The Labute approximate surface area is 143 Å². The van der Waals surface area contributed by atoms with Crippen LogP contribution in [0.1, 0.15) is 18.5 Å². The van der Waals surface area contributed by atoms with E-state index in [1.807, 2.05) is 0 Å². The highest BCUT2D eigenvalue weighted by atomic mass is 32.2. The third-order valence-electron chi connectivity index (χ3n) is 4.80. The number of piperazine rings is 1. The van der Waals surface area contributed by atoms with E-state index in [0.29, 0.717) is 52.5 Å². The van der Waals surface area contributed by atoms with Crippen LogP contribution in [-0.4, -0.2) is 74.4 Å². The summed E-state index contributed by atoms with van der Waals surface area (Å²) in [7, 11) is -3.39. The Kier molecular flexibility index (Phi) is 5.51. The van der Waals surface area contributed by atoms with E-state index in [1.54, 1.807) is 16.4 Å². The number of hydrogen-bond acceptors (Lipinski definition) is 4. The summed E-state index contributed by atoms with van der Waals surface area (Å²) in [6, 6.07) is 6.64. The summed E-state index contributed by atoms with van der Waals surface area (Å²) in [6.07, 6.45) is 0. The molecule has 6 nitrogen and oxygen atoms in total. The van der Waals surface area contributed by atoms with E-state index in [9.17, 15) is 12.8 Å². The molecule has 0 amide bonds. The number of rotatable bonds is 4. The number of halogens is 1. The van der Waals surface area contributed by atoms with Gasteiger partial charge in [0, 0.05) is 45.3 Å². The van der Waals surface area contributed by atoms with Gasteiger partial charge in [0.2, 0.25) is 0 Å². The van der Waals surface area contributed by atoms with Crippen molar-refractivity contribution in [3.63, 3.8) is 0 Å². The van der Waals surface area contributed by atoms with Crippen molar-refractivity contribution in [1.29, 1.82) is 0 Å². The lowest BCUT2D eigenvalue weighted by atomic mass is 10.1. The fourth-order valence-electron chi connectivity index (χ4n) is 3.21. The molecule has 2 saturated heterocycles. The molecule has 8 heteroatoms. The van der Waals surface area contributed by atoms with E-state index < -0.39 is 10.2 Å². The summed E-state index contributed by atoms with van der Waals surface area (Å²) in [6.45, 7) is 6.13. The van der Waals surface area contributed by atoms with E-state index in [-0.39, 0.29) is 11.9 Å². The standard InChI is InChI=1S/C16H24FN3O3S/c1-14(15-2-4-16(17)5-3-15)18-6-8-19(9-7-18)24(21,22)20-10-12-23-13-11-20/h2-5,14H,6-13H2,1H3/t14-/m1/s1. The Hall–Kier alpha value is -1.06. The molecule has 1 aromatic rings. The molecule has 0 bridgehead atoms. The Morgan fingerprint density at radius 3 is 2.08 bits per heavy atom. The second kappa shape index (κ2) is 7.45. The molecule has 0 saturated carbocycles. The van der Waals surface area contributed by atoms with Crippen molar-refractivity contribution in [2.45, 2.75) is 13.0 Å². The highest BCUT2D eigenvalue weighted by Gasteiger charge is 2.34. The van der Waals surface area contributed by atoms with E-state index in [0.717, 1.165) is 5.56 Å². The van der Waals surface area contributed by atoms with Crippen molar-refractivity contribution in [2.75, 3.05) is 52.5 Å². The Balaban J connectivity index is 1.59. The Morgan fingerprint density at radius 2 is 1.50 bits per heavy atom. The Morgan fingerprint density at radius 1 is 0.958 bits per heavy atom. The van der Waals surface area contributed by atoms with Gasteiger partial charge in [-0.15, -0.1) is 0 Å². The number of hydrogen-bond donors (Lipinski definition) is 0. The minimum atomic E-state index is -3.39. The highest BCUT2D eigenvalue weighted by molar-refractivity contribution is 7.86. The fourth-order valence-corrected chi connectivity index (χ4v) is 4.78. The molecule has 2 heterocycles. The molecule has 1 aromatic carbocycles. The topological polar surface area (TPSA) is 53.1 Å². The van der Waals surface area contributed by atoms with Gasteiger partial charge in [0.1, 0.15) is 5.82 Å². The zero-order chi connectivity index (χ0) is 17.2. The first kappa shape index (κ1) is 17.8. The van der Waals surface area contributed by atoms with Crippen LogP contribution < -0.4 is 0 Å². The number of nitrogens with zero attached hydrogens (tertiary/aromatic N) is 3. The van der Waals surface area contributed by atoms with Crippen molar-refractivity contribution >= 4 is 10.2 Å². The average molecular weight is 357 g/mol. The number of benzene rings is 1. The quantitative estimate of drug-likeness (QED) is 0.809. The lowest BCUT2D eigenvalue weighted by Crippen LogP contribution is -2.55. The first-order valence-electron chi connectivity index (χ1n) is 8.31. The largest absolute Gasteiger partial charge is 0.379 e. The van der Waals surface area contributed by atoms with E-state index in [2.05, 4.69) is 11.8 Å². The van der Waals surface area contributed by atoms with Crippen LogP contribution in [0.25, 0.3) is 0 Å². The number of morpholine rings is 1. The van der Waals surface area contributed by atoms with Crippen LogP contribution in [-0.2, 0) is 14.9 Å². The third-order valence-corrected chi connectivity index (χ3v) is 6.83. The molecule has 2 aliphatic heterocycles. The first-order chi connectivity index (χ1) is 11.5. The van der Waals surface area contributed by atoms with Crippen LogP contribution in [0.5, 0.6) is 0 Å². The molecule has 3 rings (SSSR count). The van der Waals surface area contributed by atoms with Gasteiger partial charge in [0.15, 0.2) is 0 Å². The van der Waals surface area contributed by atoms with Gasteiger partial charge in [0.05, 0.1) is 13.2 Å². The van der Waals surface area contributed by atoms with E-state index in [4.69, 9.17) is 4.74 Å². The van der Waals surface area contributed by atoms with Crippen molar-refractivity contribution < 1.29 is 17.5 Å². The molecule has 24 heavy (non-hydrogen) atoms. The molecule has 0 aromatic heterocycles. The van der Waals surface area contributed by atoms with Crippen LogP contribution in [0.2, 0.25) is 0 Å². The van der Waals surface area contributed by atoms with Crippen LogP contribution >= 0.6 is 0 Å². The van der Waals surface area contributed by atoms with Gasteiger partial charge < -0.3 is 4.74 Å². The maximum absolute atomic E-state index is 13.1. The van der Waals surface area contributed by atoms with E-state index in [1.165, 1.54) is 16.4 Å². The summed E-state index contributed by atoms with van der Waals surface area (Å²) >= 11 is 0. The summed E-state index contributed by atoms with van der Waals surface area (Å²) in [5.41, 5.74) is 1.04. The monoisotopic (exact) mass is 357 g/mol. The molecule has 0 radical (unpaired) electrons. The predicted octanol–water partition coefficient (Wildman–Crippen LogP) is 1.08. The van der Waals surface area contributed by atoms with Gasteiger partial charge in [-0.25, -0.2) is 4.39 Å². The highest BCUT2D eigenvalue weighted by Crippen LogP contribution is 2.23. The van der Waals surface area contributed by atoms with Crippen LogP contribution in [0.4, 0.5) is 4.39 Å². The molecular formula is C16H24FN3O3S. The summed E-state index contributed by atoms with van der Waals surface area (Å²) in [5.74, 6) is -0.243. The Bertz CT molecular complexity index is 639. The van der Waals surface area contributed by atoms with Crippen LogP contribution in [0.15, 0.2) is 24.3 Å². The second-order valence-corrected chi connectivity index (χ2v) is 8.11. The molecule has 0 N–H and O–H groups in total. The molecule has 2 aliphatic rings. The maximum Gasteiger partial charge on any atom is 0.282 e. The summed E-state index contributed by atoms with van der Waals surface area (Å²) in [5, 5.41) is 0. The maximum atomic E-state index is 13.1. The fraction of sp³-hybridized carbons (Fsp3) is 0.625. The number of ether oxygens (including phenoxy) is 1. The van der Waals surface area contributed by atoms with Gasteiger partial charge in [-0.1, -0.05) is 12.1 Å². The molecule has 0 aliphatic carbocycles. The van der Waals surface area contributed by atoms with Crippen LogP contribution in [0.3, 0.4) is 0 Å². The third kappa shape index (κ3) is 3.78. The molecule has 1 atom stereocenters. The van der Waals surface area contributed by atoms with Crippen molar-refractivity contribution in [1.82, 2.24) is 13.5 Å². The SMILES string of the molecule is C[C@H](c1ccc(F)cc1)N1CCN(S(=O)(=O)N2CCOCC2)CC1. The van der Waals surface area contributed by atoms with Gasteiger partial charge in [-0.05, 0) is 24.6 Å². The second-order valence-electron chi connectivity index (χ2n) is 6.18. The first-order valence-corrected chi connectivity index (χ1v) is 9.70. The average Bonchev–Trinajstić information content (AvgIpc) is 2.62. The summed E-state index contributed by atoms with van der Waals surface area (Å²) in [4.78, 5) is 2.23. The molecular weight excluding hydrogens is 333 g/mol. The van der Waals surface area contributed by atoms with Crippen LogP contribution in [0, 0.1) is 5.82 Å². The van der Waals surface area contributed by atoms with Gasteiger partial charge in [0.25, 0.3) is 10.2 Å². The van der Waals surface area contributed by atoms with Crippen molar-refractivity contribution in [3.05, 3.63) is 35.6 Å². The van der Waals surface area contributed by atoms with Gasteiger partial charge in [-0.2, -0.15) is 17.0 Å². The lowest BCUT2D eigenvalue weighted by Gasteiger charge is -2.39. The van der Waals surface area contributed by atoms with Gasteiger partial charge >= 0.3 is 0 Å². The summed E-state index contributed by atoms with van der Waals surface area (Å²) < 4.78 is 46.7. The predicted molar refractivity (Wildman–Crippen MR) is 89.3 cm³/mol. The van der Waals surface area contributed by atoms with E-state index >= 15 is 0 Å². The zero-order valence-electron chi connectivity index (χ0n) is 13.9. The zero-order valence-corrected chi connectivity index (χ0v) is 14.7. The van der Waals surface area contributed by atoms with Gasteiger partial charge in [-0.3, -0.25) is 4.90 Å². The van der Waals surface area contributed by atoms with Crippen molar-refractivity contribution in [2.24, 2.45) is 0 Å². The minimum absolute atomic E-state index is 0.138.